The van der Waals surface area contributed by atoms with Crippen LogP contribution in [0.5, 0.6) is 0 Å². The second-order valence-electron chi connectivity index (χ2n) is 5.14. The Morgan fingerprint density at radius 3 is 2.44 bits per heavy atom. The zero-order chi connectivity index (χ0) is 13.3. The largest absolute Gasteiger partial charge is 0.340 e. The van der Waals surface area contributed by atoms with Crippen LogP contribution in [0.25, 0.3) is 0 Å². The molecule has 1 amide bonds. The summed E-state index contributed by atoms with van der Waals surface area (Å²) in [6.45, 7) is 7.72. The van der Waals surface area contributed by atoms with Gasteiger partial charge in [-0.25, -0.2) is 0 Å². The summed E-state index contributed by atoms with van der Waals surface area (Å²) >= 11 is 3.45. The molecule has 1 aromatic heterocycles. The predicted molar refractivity (Wildman–Crippen MR) is 75.9 cm³/mol. The summed E-state index contributed by atoms with van der Waals surface area (Å²) in [5.74, 6) is 0.141. The number of piperazine rings is 1. The smallest absolute Gasteiger partial charge is 0.270 e. The summed E-state index contributed by atoms with van der Waals surface area (Å²) in [6, 6.07) is 2.21. The van der Waals surface area contributed by atoms with Gasteiger partial charge in [0.15, 0.2) is 0 Å². The molecule has 5 heteroatoms. The topological polar surface area (TPSA) is 28.5 Å². The molecule has 1 fully saturated rings. The summed E-state index contributed by atoms with van der Waals surface area (Å²) in [6.07, 6.45) is 1.98. The Hall–Kier alpha value is -0.810. The molecule has 0 unspecified atom stereocenters. The zero-order valence-electron chi connectivity index (χ0n) is 11.2. The minimum absolute atomic E-state index is 0.141. The lowest BCUT2D eigenvalue weighted by molar-refractivity contribution is 0.0651. The van der Waals surface area contributed by atoms with Gasteiger partial charge < -0.3 is 14.4 Å². The van der Waals surface area contributed by atoms with Gasteiger partial charge in [0.05, 0.1) is 0 Å². The van der Waals surface area contributed by atoms with E-state index in [1.807, 2.05) is 21.7 Å². The Morgan fingerprint density at radius 2 is 1.89 bits per heavy atom. The van der Waals surface area contributed by atoms with Crippen LogP contribution in [0.2, 0.25) is 0 Å². The average molecular weight is 314 g/mol. The molecule has 0 atom stereocenters. The van der Waals surface area contributed by atoms with E-state index in [1.165, 1.54) is 0 Å². The fraction of sp³-hybridized carbons (Fsp3) is 0.615. The fourth-order valence-corrected chi connectivity index (χ4v) is 2.65. The van der Waals surface area contributed by atoms with E-state index in [1.54, 1.807) is 0 Å². The van der Waals surface area contributed by atoms with Crippen molar-refractivity contribution in [2.45, 2.75) is 19.9 Å². The van der Waals surface area contributed by atoms with E-state index in [2.05, 4.69) is 41.7 Å². The molecule has 0 spiro atoms. The Bertz CT molecular complexity index is 433. The number of halogens is 1. The van der Waals surface area contributed by atoms with Gasteiger partial charge in [-0.2, -0.15) is 0 Å². The minimum atomic E-state index is 0.141. The number of carbonyl (C=O) groups excluding carboxylic acids is 1. The highest BCUT2D eigenvalue weighted by Crippen LogP contribution is 2.21. The second kappa shape index (κ2) is 5.45. The van der Waals surface area contributed by atoms with Crippen molar-refractivity contribution in [2.24, 2.45) is 0 Å². The fourth-order valence-electron chi connectivity index (χ4n) is 2.22. The van der Waals surface area contributed by atoms with Gasteiger partial charge in [0, 0.05) is 42.9 Å². The van der Waals surface area contributed by atoms with E-state index < -0.39 is 0 Å². The summed E-state index contributed by atoms with van der Waals surface area (Å²) in [7, 11) is 2.09. The molecule has 0 bridgehead atoms. The van der Waals surface area contributed by atoms with E-state index in [-0.39, 0.29) is 5.91 Å². The van der Waals surface area contributed by atoms with Crippen molar-refractivity contribution in [1.29, 1.82) is 0 Å². The van der Waals surface area contributed by atoms with Gasteiger partial charge in [0.1, 0.15) is 5.69 Å². The highest BCUT2D eigenvalue weighted by molar-refractivity contribution is 9.10. The number of likely N-dealkylation sites (N-methyl/N-ethyl adjacent to an activating group) is 1. The number of amides is 1. The van der Waals surface area contributed by atoms with Gasteiger partial charge >= 0.3 is 0 Å². The number of nitrogens with zero attached hydrogens (tertiary/aromatic N) is 3. The average Bonchev–Trinajstić information content (AvgIpc) is 2.71. The first-order valence-electron chi connectivity index (χ1n) is 6.34. The Labute approximate surface area is 117 Å². The van der Waals surface area contributed by atoms with E-state index >= 15 is 0 Å². The molecule has 2 rings (SSSR count). The minimum Gasteiger partial charge on any atom is -0.340 e. The van der Waals surface area contributed by atoms with Crippen molar-refractivity contribution in [3.05, 3.63) is 22.4 Å². The Kier molecular flexibility index (Phi) is 4.12. The number of hydrogen-bond acceptors (Lipinski definition) is 2. The lowest BCUT2D eigenvalue weighted by atomic mass is 10.2. The van der Waals surface area contributed by atoms with Crippen LogP contribution < -0.4 is 0 Å². The summed E-state index contributed by atoms with van der Waals surface area (Å²) < 4.78 is 3.00. The molecule has 2 heterocycles. The number of aromatic nitrogens is 1. The molecule has 18 heavy (non-hydrogen) atoms. The van der Waals surface area contributed by atoms with Crippen molar-refractivity contribution in [3.63, 3.8) is 0 Å². The lowest BCUT2D eigenvalue weighted by Gasteiger charge is -2.32. The van der Waals surface area contributed by atoms with E-state index in [0.29, 0.717) is 6.04 Å². The number of carbonyl (C=O) groups is 1. The maximum Gasteiger partial charge on any atom is 0.270 e. The van der Waals surface area contributed by atoms with Crippen molar-refractivity contribution in [2.75, 3.05) is 33.2 Å². The monoisotopic (exact) mass is 313 g/mol. The molecule has 1 aromatic rings. The second-order valence-corrected chi connectivity index (χ2v) is 6.06. The molecule has 0 N–H and O–H groups in total. The summed E-state index contributed by atoms with van der Waals surface area (Å²) in [5, 5.41) is 0. The molecule has 100 valence electrons. The molecule has 1 aliphatic heterocycles. The van der Waals surface area contributed by atoms with Gasteiger partial charge in [-0.15, -0.1) is 0 Å². The molecule has 0 saturated carbocycles. The number of hydrogen-bond donors (Lipinski definition) is 0. The standard InChI is InChI=1S/C13H20BrN3O/c1-10(2)17-9-11(14)8-12(17)13(18)16-6-4-15(3)5-7-16/h8-10H,4-7H2,1-3H3. The molecule has 0 aliphatic carbocycles. The van der Waals surface area contributed by atoms with Crippen LogP contribution in [-0.2, 0) is 0 Å². The maximum absolute atomic E-state index is 12.5. The van der Waals surface area contributed by atoms with Crippen molar-refractivity contribution in [3.8, 4) is 0 Å². The first-order chi connectivity index (χ1) is 8.49. The van der Waals surface area contributed by atoms with E-state index in [4.69, 9.17) is 0 Å². The third-order valence-electron chi connectivity index (χ3n) is 3.38. The number of rotatable bonds is 2. The van der Waals surface area contributed by atoms with Gasteiger partial charge in [-0.1, -0.05) is 0 Å². The Morgan fingerprint density at radius 1 is 1.28 bits per heavy atom. The third-order valence-corrected chi connectivity index (χ3v) is 3.81. The van der Waals surface area contributed by atoms with Crippen LogP contribution in [0.1, 0.15) is 30.4 Å². The molecule has 0 radical (unpaired) electrons. The van der Waals surface area contributed by atoms with Crippen LogP contribution in [0, 0.1) is 0 Å². The predicted octanol–water partition coefficient (Wildman–Crippen LogP) is 2.22. The van der Waals surface area contributed by atoms with Crippen LogP contribution in [0.3, 0.4) is 0 Å². The first kappa shape index (κ1) is 13.6. The third kappa shape index (κ3) is 2.78. The first-order valence-corrected chi connectivity index (χ1v) is 7.13. The maximum atomic E-state index is 12.5. The zero-order valence-corrected chi connectivity index (χ0v) is 12.8. The Balaban J connectivity index is 2.18. The van der Waals surface area contributed by atoms with Crippen molar-refractivity contribution < 1.29 is 4.79 Å². The van der Waals surface area contributed by atoms with Gasteiger partial charge in [-0.3, -0.25) is 4.79 Å². The SMILES string of the molecule is CC(C)n1cc(Br)cc1C(=O)N1CCN(C)CC1. The highest BCUT2D eigenvalue weighted by Gasteiger charge is 2.23. The quantitative estimate of drug-likeness (QED) is 0.837. The van der Waals surface area contributed by atoms with E-state index in [0.717, 1.165) is 36.3 Å². The van der Waals surface area contributed by atoms with E-state index in [9.17, 15) is 4.79 Å². The van der Waals surface area contributed by atoms with Crippen LogP contribution in [0.15, 0.2) is 16.7 Å². The van der Waals surface area contributed by atoms with Crippen LogP contribution in [0.4, 0.5) is 0 Å². The van der Waals surface area contributed by atoms with Gasteiger partial charge in [0.25, 0.3) is 5.91 Å². The normalized spacial score (nSPS) is 17.5. The van der Waals surface area contributed by atoms with Gasteiger partial charge in [-0.05, 0) is 42.9 Å². The molecule has 0 aromatic carbocycles. The lowest BCUT2D eigenvalue weighted by Crippen LogP contribution is -2.47. The molecular weight excluding hydrogens is 294 g/mol. The summed E-state index contributed by atoms with van der Waals surface area (Å²) in [4.78, 5) is 16.7. The molecule has 4 nitrogen and oxygen atoms in total. The molecular formula is C13H20BrN3O. The molecule has 1 saturated heterocycles. The highest BCUT2D eigenvalue weighted by atomic mass is 79.9. The van der Waals surface area contributed by atoms with Gasteiger partial charge in [0.2, 0.25) is 0 Å². The van der Waals surface area contributed by atoms with Crippen molar-refractivity contribution in [1.82, 2.24) is 14.4 Å². The van der Waals surface area contributed by atoms with Crippen LogP contribution in [-0.4, -0.2) is 53.5 Å². The van der Waals surface area contributed by atoms with Crippen molar-refractivity contribution >= 4 is 21.8 Å². The van der Waals surface area contributed by atoms with Crippen LogP contribution >= 0.6 is 15.9 Å². The molecule has 1 aliphatic rings. The summed E-state index contributed by atoms with van der Waals surface area (Å²) in [5.41, 5.74) is 0.779.